The van der Waals surface area contributed by atoms with E-state index in [9.17, 15) is 0 Å². The highest BCUT2D eigenvalue weighted by Gasteiger charge is 2.00. The quantitative estimate of drug-likeness (QED) is 0.349. The predicted molar refractivity (Wildman–Crippen MR) is 94.9 cm³/mol. The summed E-state index contributed by atoms with van der Waals surface area (Å²) in [6, 6.07) is 5.69. The van der Waals surface area contributed by atoms with Crippen LogP contribution in [-0.2, 0) is 6.54 Å². The van der Waals surface area contributed by atoms with E-state index in [1.807, 2.05) is 31.3 Å². The Morgan fingerprint density at radius 3 is 2.95 bits per heavy atom. The molecule has 0 unspecified atom stereocenters. The molecule has 21 heavy (non-hydrogen) atoms. The van der Waals surface area contributed by atoms with Crippen molar-refractivity contribution in [2.75, 3.05) is 6.54 Å². The van der Waals surface area contributed by atoms with Gasteiger partial charge in [-0.15, -0.1) is 24.0 Å². The van der Waals surface area contributed by atoms with Gasteiger partial charge < -0.3 is 11.1 Å². The summed E-state index contributed by atoms with van der Waals surface area (Å²) < 4.78 is 1.70. The molecular formula is C14H19IN6. The lowest BCUT2D eigenvalue weighted by atomic mass is 10.2. The van der Waals surface area contributed by atoms with Crippen LogP contribution < -0.4 is 11.1 Å². The van der Waals surface area contributed by atoms with Crippen molar-refractivity contribution in [2.24, 2.45) is 10.7 Å². The number of aromatic nitrogens is 3. The maximum Gasteiger partial charge on any atom is 0.189 e. The molecular weight excluding hydrogens is 379 g/mol. The fraction of sp³-hybridized carbons (Fsp3) is 0.214. The van der Waals surface area contributed by atoms with Gasteiger partial charge in [0.15, 0.2) is 11.8 Å². The minimum absolute atomic E-state index is 0. The summed E-state index contributed by atoms with van der Waals surface area (Å²) in [5.74, 6) is 1.17. The highest BCUT2D eigenvalue weighted by Crippen LogP contribution is 2.07. The number of hydrogen-bond acceptors (Lipinski definition) is 3. The Kier molecular flexibility index (Phi) is 6.86. The lowest BCUT2D eigenvalue weighted by Gasteiger charge is -2.05. The zero-order valence-corrected chi connectivity index (χ0v) is 14.2. The molecule has 0 aromatic carbocycles. The van der Waals surface area contributed by atoms with E-state index in [2.05, 4.69) is 27.0 Å². The van der Waals surface area contributed by atoms with E-state index in [-0.39, 0.29) is 24.0 Å². The van der Waals surface area contributed by atoms with Crippen molar-refractivity contribution in [1.82, 2.24) is 20.1 Å². The summed E-state index contributed by atoms with van der Waals surface area (Å²) in [6.07, 6.45) is 5.30. The molecule has 6 nitrogen and oxygen atoms in total. The van der Waals surface area contributed by atoms with Gasteiger partial charge in [0, 0.05) is 25.1 Å². The molecule has 0 bridgehead atoms. The zero-order chi connectivity index (χ0) is 14.4. The van der Waals surface area contributed by atoms with E-state index >= 15 is 0 Å². The van der Waals surface area contributed by atoms with Crippen molar-refractivity contribution >= 4 is 29.9 Å². The third-order valence-corrected chi connectivity index (χ3v) is 2.55. The van der Waals surface area contributed by atoms with Gasteiger partial charge in [0.25, 0.3) is 0 Å². The molecule has 0 aliphatic rings. The lowest BCUT2D eigenvalue weighted by molar-refractivity contribution is 0.841. The summed E-state index contributed by atoms with van der Waals surface area (Å²) in [5.41, 5.74) is 7.79. The maximum atomic E-state index is 5.77. The minimum atomic E-state index is 0. The highest BCUT2D eigenvalue weighted by molar-refractivity contribution is 14.0. The van der Waals surface area contributed by atoms with Crippen molar-refractivity contribution in [3.05, 3.63) is 54.5 Å². The zero-order valence-electron chi connectivity index (χ0n) is 11.9. The van der Waals surface area contributed by atoms with E-state index in [0.717, 1.165) is 17.0 Å². The van der Waals surface area contributed by atoms with Crippen LogP contribution in [0.3, 0.4) is 0 Å². The minimum Gasteiger partial charge on any atom is -0.370 e. The standard InChI is InChI=1S/C14H18N6.HI/c1-11(2)9-17-14(15)18-10-12-4-6-16-13(8-12)20-7-3-5-19-20;/h3-8H,1,9-10H2,2H3,(H3,15,17,18);1H. The van der Waals surface area contributed by atoms with Crippen molar-refractivity contribution in [1.29, 1.82) is 0 Å². The Balaban J connectivity index is 0.00000220. The molecule has 7 heteroatoms. The van der Waals surface area contributed by atoms with E-state index < -0.39 is 0 Å². The molecule has 0 saturated heterocycles. The molecule has 3 N–H and O–H groups in total. The first-order valence-corrected chi connectivity index (χ1v) is 6.28. The first-order chi connectivity index (χ1) is 9.65. The number of rotatable bonds is 5. The number of nitrogens with zero attached hydrogens (tertiary/aromatic N) is 4. The second-order valence-corrected chi connectivity index (χ2v) is 4.49. The second-order valence-electron chi connectivity index (χ2n) is 4.49. The summed E-state index contributed by atoms with van der Waals surface area (Å²) in [7, 11) is 0. The summed E-state index contributed by atoms with van der Waals surface area (Å²) >= 11 is 0. The van der Waals surface area contributed by atoms with Crippen LogP contribution in [0, 0.1) is 0 Å². The van der Waals surface area contributed by atoms with E-state index in [0.29, 0.717) is 19.0 Å². The second kappa shape index (κ2) is 8.40. The SMILES string of the molecule is C=C(C)CNC(N)=NCc1ccnc(-n2cccn2)c1.I. The molecule has 2 aromatic rings. The van der Waals surface area contributed by atoms with Crippen LogP contribution in [0.2, 0.25) is 0 Å². The number of pyridine rings is 1. The molecule has 112 valence electrons. The van der Waals surface area contributed by atoms with Crippen LogP contribution in [-0.4, -0.2) is 27.3 Å². The summed E-state index contributed by atoms with van der Waals surface area (Å²) in [6.45, 7) is 6.85. The first-order valence-electron chi connectivity index (χ1n) is 6.28. The van der Waals surface area contributed by atoms with Crippen LogP contribution in [0.25, 0.3) is 5.82 Å². The van der Waals surface area contributed by atoms with E-state index in [4.69, 9.17) is 5.73 Å². The molecule has 0 atom stereocenters. The molecule has 0 amide bonds. The normalized spacial score (nSPS) is 10.8. The number of nitrogens with two attached hydrogens (primary N) is 1. The van der Waals surface area contributed by atoms with Crippen LogP contribution in [0.15, 0.2) is 53.9 Å². The highest BCUT2D eigenvalue weighted by atomic mass is 127. The van der Waals surface area contributed by atoms with Crippen LogP contribution in [0.5, 0.6) is 0 Å². The van der Waals surface area contributed by atoms with Crippen molar-refractivity contribution in [3.63, 3.8) is 0 Å². The van der Waals surface area contributed by atoms with Crippen LogP contribution in [0.4, 0.5) is 0 Å². The average molecular weight is 398 g/mol. The van der Waals surface area contributed by atoms with Gasteiger partial charge in [-0.3, -0.25) is 0 Å². The van der Waals surface area contributed by atoms with Crippen LogP contribution in [0.1, 0.15) is 12.5 Å². The third-order valence-electron chi connectivity index (χ3n) is 2.55. The number of guanidine groups is 1. The summed E-state index contributed by atoms with van der Waals surface area (Å²) in [5, 5.41) is 7.13. The Bertz CT molecular complexity index is 606. The Morgan fingerprint density at radius 2 is 2.29 bits per heavy atom. The Labute approximate surface area is 141 Å². The smallest absolute Gasteiger partial charge is 0.189 e. The maximum absolute atomic E-state index is 5.77. The van der Waals surface area contributed by atoms with Gasteiger partial charge in [0.2, 0.25) is 0 Å². The van der Waals surface area contributed by atoms with Gasteiger partial charge in [0.1, 0.15) is 0 Å². The average Bonchev–Trinajstić information content (AvgIpc) is 2.97. The number of aliphatic imine (C=N–C) groups is 1. The first kappa shape index (κ1) is 17.2. The molecule has 0 aliphatic carbocycles. The number of halogens is 1. The van der Waals surface area contributed by atoms with Gasteiger partial charge in [-0.2, -0.15) is 5.10 Å². The summed E-state index contributed by atoms with van der Waals surface area (Å²) in [4.78, 5) is 8.54. The van der Waals surface area contributed by atoms with Gasteiger partial charge in [-0.05, 0) is 30.7 Å². The molecule has 0 aliphatic heterocycles. The van der Waals surface area contributed by atoms with Crippen molar-refractivity contribution in [2.45, 2.75) is 13.5 Å². The predicted octanol–water partition coefficient (Wildman–Crippen LogP) is 1.87. The van der Waals surface area contributed by atoms with Gasteiger partial charge >= 0.3 is 0 Å². The van der Waals surface area contributed by atoms with Gasteiger partial charge in [-0.25, -0.2) is 14.7 Å². The van der Waals surface area contributed by atoms with Gasteiger partial charge in [0.05, 0.1) is 6.54 Å². The topological polar surface area (TPSA) is 81.1 Å². The fourth-order valence-corrected chi connectivity index (χ4v) is 1.56. The lowest BCUT2D eigenvalue weighted by Crippen LogP contribution is -2.32. The monoisotopic (exact) mass is 398 g/mol. The van der Waals surface area contributed by atoms with Crippen LogP contribution >= 0.6 is 24.0 Å². The molecule has 0 saturated carbocycles. The molecule has 2 rings (SSSR count). The molecule has 0 fully saturated rings. The largest absolute Gasteiger partial charge is 0.370 e. The van der Waals surface area contributed by atoms with Gasteiger partial charge in [-0.1, -0.05) is 12.2 Å². The molecule has 0 spiro atoms. The Morgan fingerprint density at radius 1 is 1.48 bits per heavy atom. The Hall–Kier alpha value is -1.90. The number of nitrogens with one attached hydrogen (secondary N) is 1. The molecule has 2 aromatic heterocycles. The number of hydrogen-bond donors (Lipinski definition) is 2. The van der Waals surface area contributed by atoms with E-state index in [1.165, 1.54) is 0 Å². The fourth-order valence-electron chi connectivity index (χ4n) is 1.56. The van der Waals surface area contributed by atoms with Crippen molar-refractivity contribution < 1.29 is 0 Å². The molecule has 0 radical (unpaired) electrons. The van der Waals surface area contributed by atoms with Crippen molar-refractivity contribution in [3.8, 4) is 5.82 Å². The molecule has 2 heterocycles. The third kappa shape index (κ3) is 5.54. The van der Waals surface area contributed by atoms with E-state index in [1.54, 1.807) is 17.1 Å².